The van der Waals surface area contributed by atoms with Crippen molar-refractivity contribution < 1.29 is 9.66 Å². The molecule has 0 atom stereocenters. The lowest BCUT2D eigenvalue weighted by Crippen LogP contribution is -2.36. The van der Waals surface area contributed by atoms with Crippen molar-refractivity contribution in [2.24, 2.45) is 0 Å². The lowest BCUT2D eigenvalue weighted by molar-refractivity contribution is -0.384. The van der Waals surface area contributed by atoms with Crippen molar-refractivity contribution in [3.05, 3.63) is 58.1 Å². The summed E-state index contributed by atoms with van der Waals surface area (Å²) in [5, 5.41) is 22.0. The highest BCUT2D eigenvalue weighted by Crippen LogP contribution is 2.36. The highest BCUT2D eigenvalue weighted by Gasteiger charge is 2.24. The minimum absolute atomic E-state index is 0.0297. The summed E-state index contributed by atoms with van der Waals surface area (Å²) in [6.07, 6.45) is 0. The zero-order valence-corrected chi connectivity index (χ0v) is 14.8. The molecule has 0 spiro atoms. The number of ether oxygens (including phenoxy) is 1. The largest absolute Gasteiger partial charge is 0.378 e. The van der Waals surface area contributed by atoms with Crippen molar-refractivity contribution in [1.29, 1.82) is 5.26 Å². The first kappa shape index (κ1) is 16.5. The van der Waals surface area contributed by atoms with Gasteiger partial charge in [0.25, 0.3) is 5.69 Å². The van der Waals surface area contributed by atoms with Crippen molar-refractivity contribution in [2.45, 2.75) is 0 Å². The Balaban J connectivity index is 1.91. The van der Waals surface area contributed by atoms with Gasteiger partial charge >= 0.3 is 0 Å². The molecular formula is C20H15N5O3. The Morgan fingerprint density at radius 1 is 1.14 bits per heavy atom. The Bertz CT molecular complexity index is 1300. The maximum atomic E-state index is 11.8. The first-order valence-electron chi connectivity index (χ1n) is 8.92. The molecule has 5 rings (SSSR count). The lowest BCUT2D eigenvalue weighted by atomic mass is 10.1. The van der Waals surface area contributed by atoms with Crippen LogP contribution in [0.3, 0.4) is 0 Å². The van der Waals surface area contributed by atoms with E-state index in [-0.39, 0.29) is 10.6 Å². The summed E-state index contributed by atoms with van der Waals surface area (Å²) < 4.78 is 7.31. The Morgan fingerprint density at radius 3 is 2.68 bits per heavy atom. The van der Waals surface area contributed by atoms with Gasteiger partial charge in [-0.15, -0.1) is 0 Å². The molecule has 2 aromatic carbocycles. The molecule has 1 aliphatic heterocycles. The monoisotopic (exact) mass is 373 g/mol. The molecule has 0 amide bonds. The van der Waals surface area contributed by atoms with Crippen LogP contribution in [0.1, 0.15) is 5.56 Å². The van der Waals surface area contributed by atoms with Crippen LogP contribution >= 0.6 is 0 Å². The number of pyridine rings is 1. The number of benzene rings is 2. The summed E-state index contributed by atoms with van der Waals surface area (Å²) in [6, 6.07) is 14.9. The highest BCUT2D eigenvalue weighted by molar-refractivity contribution is 5.96. The average Bonchev–Trinajstić information content (AvgIpc) is 3.12. The second-order valence-electron chi connectivity index (χ2n) is 6.69. The summed E-state index contributed by atoms with van der Waals surface area (Å²) in [4.78, 5) is 18.0. The van der Waals surface area contributed by atoms with Crippen LogP contribution in [0.25, 0.3) is 27.6 Å². The molecule has 0 aliphatic carbocycles. The molecule has 3 heterocycles. The molecule has 0 saturated carbocycles. The Hall–Kier alpha value is -3.70. The second kappa shape index (κ2) is 6.18. The van der Waals surface area contributed by atoms with Gasteiger partial charge in [0.15, 0.2) is 5.65 Å². The van der Waals surface area contributed by atoms with Crippen molar-refractivity contribution in [2.75, 3.05) is 31.2 Å². The maximum Gasteiger partial charge on any atom is 0.293 e. The SMILES string of the molecule is N#Cc1cc2cc([N+](=O)[O-])c(N3CCOCC3)cc2n2c1nc1ccccc12. The van der Waals surface area contributed by atoms with Crippen LogP contribution < -0.4 is 4.90 Å². The zero-order chi connectivity index (χ0) is 19.3. The molecule has 1 aliphatic rings. The number of nitriles is 1. The maximum absolute atomic E-state index is 11.8. The van der Waals surface area contributed by atoms with Gasteiger partial charge in [0.1, 0.15) is 11.8 Å². The number of imidazole rings is 1. The van der Waals surface area contributed by atoms with Gasteiger partial charge in [0.05, 0.1) is 40.3 Å². The van der Waals surface area contributed by atoms with Gasteiger partial charge in [0.2, 0.25) is 0 Å². The number of nitro groups is 1. The molecule has 0 unspecified atom stereocenters. The van der Waals surface area contributed by atoms with Crippen molar-refractivity contribution >= 4 is 39.0 Å². The third kappa shape index (κ3) is 2.37. The van der Waals surface area contributed by atoms with Gasteiger partial charge in [-0.2, -0.15) is 5.26 Å². The quantitative estimate of drug-likeness (QED) is 0.395. The van der Waals surface area contributed by atoms with E-state index in [4.69, 9.17) is 4.74 Å². The third-order valence-electron chi connectivity index (χ3n) is 5.14. The summed E-state index contributed by atoms with van der Waals surface area (Å²) in [5.41, 5.74) is 3.95. The number of para-hydroxylation sites is 2. The molecule has 1 fully saturated rings. The van der Waals surface area contributed by atoms with Gasteiger partial charge in [-0.1, -0.05) is 12.1 Å². The van der Waals surface area contributed by atoms with Crippen LogP contribution in [0.5, 0.6) is 0 Å². The molecule has 8 nitrogen and oxygen atoms in total. The van der Waals surface area contributed by atoms with E-state index in [1.807, 2.05) is 39.6 Å². The van der Waals surface area contributed by atoms with Crippen LogP contribution in [0, 0.1) is 21.4 Å². The number of hydrogen-bond acceptors (Lipinski definition) is 6. The first-order chi connectivity index (χ1) is 13.7. The van der Waals surface area contributed by atoms with Crippen molar-refractivity contribution in [3.8, 4) is 6.07 Å². The summed E-state index contributed by atoms with van der Waals surface area (Å²) >= 11 is 0. The van der Waals surface area contributed by atoms with E-state index >= 15 is 0 Å². The summed E-state index contributed by atoms with van der Waals surface area (Å²) in [7, 11) is 0. The number of nitro benzene ring substituents is 1. The average molecular weight is 373 g/mol. The fourth-order valence-electron chi connectivity index (χ4n) is 3.85. The van der Waals surface area contributed by atoms with Crippen LogP contribution in [-0.2, 0) is 4.74 Å². The Kier molecular flexibility index (Phi) is 3.64. The predicted octanol–water partition coefficient (Wildman–Crippen LogP) is 3.26. The molecule has 2 aromatic heterocycles. The topological polar surface area (TPSA) is 96.7 Å². The minimum Gasteiger partial charge on any atom is -0.378 e. The fourth-order valence-corrected chi connectivity index (χ4v) is 3.85. The van der Waals surface area contributed by atoms with Gasteiger partial charge in [0, 0.05) is 24.5 Å². The molecule has 0 bridgehead atoms. The molecule has 138 valence electrons. The molecule has 28 heavy (non-hydrogen) atoms. The Labute approximate surface area is 159 Å². The van der Waals surface area contributed by atoms with Crippen LogP contribution in [-0.4, -0.2) is 40.6 Å². The van der Waals surface area contributed by atoms with Crippen LogP contribution in [0.2, 0.25) is 0 Å². The first-order valence-corrected chi connectivity index (χ1v) is 8.92. The van der Waals surface area contributed by atoms with E-state index in [9.17, 15) is 15.4 Å². The predicted molar refractivity (Wildman–Crippen MR) is 105 cm³/mol. The molecule has 0 radical (unpaired) electrons. The van der Waals surface area contributed by atoms with Gasteiger partial charge in [-0.3, -0.25) is 14.5 Å². The van der Waals surface area contributed by atoms with E-state index in [0.717, 1.165) is 16.6 Å². The number of rotatable bonds is 2. The summed E-state index contributed by atoms with van der Waals surface area (Å²) in [6.45, 7) is 2.25. The lowest BCUT2D eigenvalue weighted by Gasteiger charge is -2.28. The van der Waals surface area contributed by atoms with E-state index in [0.29, 0.717) is 48.6 Å². The van der Waals surface area contributed by atoms with E-state index in [1.165, 1.54) is 0 Å². The number of fused-ring (bicyclic) bond motifs is 5. The Morgan fingerprint density at radius 2 is 1.93 bits per heavy atom. The number of anilines is 1. The third-order valence-corrected chi connectivity index (χ3v) is 5.14. The van der Waals surface area contributed by atoms with Crippen LogP contribution in [0.15, 0.2) is 42.5 Å². The molecule has 1 saturated heterocycles. The minimum atomic E-state index is -0.369. The van der Waals surface area contributed by atoms with Gasteiger partial charge in [-0.05, 0) is 24.3 Å². The normalized spacial score (nSPS) is 14.6. The van der Waals surface area contributed by atoms with E-state index < -0.39 is 0 Å². The highest BCUT2D eigenvalue weighted by atomic mass is 16.6. The smallest absolute Gasteiger partial charge is 0.293 e. The zero-order valence-electron chi connectivity index (χ0n) is 14.8. The molecule has 0 N–H and O–H groups in total. The number of hydrogen-bond donors (Lipinski definition) is 0. The molecule has 8 heteroatoms. The standard InChI is InChI=1S/C20H15N5O3/c21-12-14-9-13-10-19(25(26)27)18(23-5-7-28-8-6-23)11-17(13)24-16-4-2-1-3-15(16)22-20(14)24/h1-4,9-11H,5-8H2. The fraction of sp³-hybridized carbons (Fsp3) is 0.200. The van der Waals surface area contributed by atoms with E-state index in [1.54, 1.807) is 12.1 Å². The number of morpholine rings is 1. The van der Waals surface area contributed by atoms with E-state index in [2.05, 4.69) is 11.1 Å². The van der Waals surface area contributed by atoms with Crippen molar-refractivity contribution in [3.63, 3.8) is 0 Å². The van der Waals surface area contributed by atoms with Gasteiger partial charge < -0.3 is 9.64 Å². The van der Waals surface area contributed by atoms with Crippen LogP contribution in [0.4, 0.5) is 11.4 Å². The van der Waals surface area contributed by atoms with Crippen molar-refractivity contribution in [1.82, 2.24) is 9.38 Å². The number of nitrogens with zero attached hydrogens (tertiary/aromatic N) is 5. The second-order valence-corrected chi connectivity index (χ2v) is 6.69. The van der Waals surface area contributed by atoms with Gasteiger partial charge in [-0.25, -0.2) is 4.98 Å². The molecular weight excluding hydrogens is 358 g/mol. The number of aromatic nitrogens is 2. The molecule has 4 aromatic rings. The summed E-state index contributed by atoms with van der Waals surface area (Å²) in [5.74, 6) is 0.